The number of nitrogens with zero attached hydrogens (tertiary/aromatic N) is 3. The molecule has 0 aliphatic carbocycles. The highest BCUT2D eigenvalue weighted by molar-refractivity contribution is 9.10. The van der Waals surface area contributed by atoms with Gasteiger partial charge in [-0.25, -0.2) is 8.42 Å². The number of unbranched alkanes of at least 4 members (excludes halogenated alkanes) is 5. The van der Waals surface area contributed by atoms with Crippen molar-refractivity contribution < 1.29 is 70.0 Å². The van der Waals surface area contributed by atoms with Crippen LogP contribution in [0.1, 0.15) is 178 Å². The van der Waals surface area contributed by atoms with Gasteiger partial charge >= 0.3 is 23.9 Å². The fraction of sp³-hybridized carbons (Fsp3) is 0.562. The number of alkyl halides is 1. The van der Waals surface area contributed by atoms with Gasteiger partial charge in [0.2, 0.25) is 17.5 Å². The van der Waals surface area contributed by atoms with Crippen LogP contribution in [0.15, 0.2) is 121 Å². The average Bonchev–Trinajstić information content (AvgIpc) is 1.60. The Labute approximate surface area is 609 Å². The highest BCUT2D eigenvalue weighted by atomic mass is 79.9. The molecule has 0 aromatic heterocycles. The van der Waals surface area contributed by atoms with Crippen LogP contribution < -0.4 is 15.5 Å². The summed E-state index contributed by atoms with van der Waals surface area (Å²) in [6.45, 7) is 26.1. The standard InChI is InChI=1S/C80H112BrN5O14S/c1-14-16-45-84(46-17-15-2)49-52-99-72(90)78(10,56-75(4,5)71(89)100-54-53-96-13)57-79(11,58-80(12,81)74(92)98-50-43-82-59(3)87)73(91)97-51-44-83-68(88)38-24-21-29-47-85-64-41-39-60-32-25-27-34-62(60)69(64)76(6,7)66(85)36-22-19-18-20-23-37-67-77(8,9)70-63-35-28-26-33-61(63)40-42-65(70)86(67)48-30-31-55-101(93,94)95/h18-20,22-23,25-28,32-37,39-42H,14-17,21,24,29-31,38,43-58H2,1-13H3,(H2-,82,83,87,88,93,94,95). The molecule has 2 amide bonds. The summed E-state index contributed by atoms with van der Waals surface area (Å²) >= 11 is 3.56. The molecule has 3 atom stereocenters. The molecule has 2 aliphatic rings. The van der Waals surface area contributed by atoms with Crippen LogP contribution >= 0.6 is 15.9 Å². The number of hydrogen-bond acceptors (Lipinski definition) is 16. The number of anilines is 1. The molecule has 6 rings (SSSR count). The molecular formula is C80H112BrN5O14S. The Bertz CT molecular complexity index is 3790. The minimum Gasteiger partial charge on any atom is -0.748 e. The molecule has 0 saturated heterocycles. The third-order valence-corrected chi connectivity index (χ3v) is 20.6. The molecule has 21 heteroatoms. The number of halogens is 1. The first-order valence-electron chi connectivity index (χ1n) is 36.0. The molecule has 0 spiro atoms. The van der Waals surface area contributed by atoms with E-state index < -0.39 is 54.6 Å². The van der Waals surface area contributed by atoms with Crippen LogP contribution in [-0.4, -0.2) is 160 Å². The van der Waals surface area contributed by atoms with Gasteiger partial charge in [0.15, 0.2) is 5.71 Å². The van der Waals surface area contributed by atoms with E-state index in [-0.39, 0.29) is 107 Å². The topological polar surface area (TPSA) is 239 Å². The van der Waals surface area contributed by atoms with Gasteiger partial charge in [-0.15, -0.1) is 0 Å². The van der Waals surface area contributed by atoms with Crippen LogP contribution in [0.25, 0.3) is 21.5 Å². The fourth-order valence-corrected chi connectivity index (χ4v) is 15.8. The number of methoxy groups -OCH3 is 1. The molecule has 2 aliphatic heterocycles. The van der Waals surface area contributed by atoms with Gasteiger partial charge in [-0.05, 0) is 165 Å². The maximum atomic E-state index is 14.8. The van der Waals surface area contributed by atoms with Crippen molar-refractivity contribution in [2.45, 2.75) is 182 Å². The third kappa shape index (κ3) is 23.2. The Morgan fingerprint density at radius 1 is 0.614 bits per heavy atom. The van der Waals surface area contributed by atoms with Crippen LogP contribution in [0.5, 0.6) is 0 Å². The summed E-state index contributed by atoms with van der Waals surface area (Å²) in [7, 11) is -2.82. The number of fused-ring (bicyclic) bond motifs is 6. The summed E-state index contributed by atoms with van der Waals surface area (Å²) in [5.41, 5.74) is 1.82. The predicted octanol–water partition coefficient (Wildman–Crippen LogP) is 13.9. The van der Waals surface area contributed by atoms with Crippen molar-refractivity contribution >= 4 is 100 Å². The van der Waals surface area contributed by atoms with Gasteiger partial charge in [0, 0.05) is 80.2 Å². The quantitative estimate of drug-likeness (QED) is 0.00796. The molecule has 101 heavy (non-hydrogen) atoms. The summed E-state index contributed by atoms with van der Waals surface area (Å²) in [6, 6.07) is 25.5. The number of carbonyl (C=O) groups is 6. The van der Waals surface area contributed by atoms with E-state index in [2.05, 4.69) is 167 Å². The second-order valence-corrected chi connectivity index (χ2v) is 32.7. The number of nitrogens with one attached hydrogen (secondary N) is 2. The molecule has 2 N–H and O–H groups in total. The van der Waals surface area contributed by atoms with Crippen molar-refractivity contribution in [3.8, 4) is 0 Å². The fourth-order valence-electron chi connectivity index (χ4n) is 14.5. The summed E-state index contributed by atoms with van der Waals surface area (Å²) < 4.78 is 63.7. The van der Waals surface area contributed by atoms with Crippen LogP contribution in [0.2, 0.25) is 0 Å². The third-order valence-electron chi connectivity index (χ3n) is 19.3. The number of benzene rings is 4. The number of esters is 4. The van der Waals surface area contributed by atoms with Crippen molar-refractivity contribution in [2.24, 2.45) is 16.2 Å². The van der Waals surface area contributed by atoms with Crippen LogP contribution in [0, 0.1) is 16.2 Å². The second kappa shape index (κ2) is 37.9. The zero-order chi connectivity index (χ0) is 74.2. The Morgan fingerprint density at radius 3 is 1.82 bits per heavy atom. The van der Waals surface area contributed by atoms with Crippen molar-refractivity contribution in [3.05, 3.63) is 132 Å². The first-order valence-corrected chi connectivity index (χ1v) is 38.4. The minimum absolute atomic E-state index is 0.00447. The van der Waals surface area contributed by atoms with Gasteiger partial charge in [-0.3, -0.25) is 33.7 Å². The zero-order valence-corrected chi connectivity index (χ0v) is 64.6. The van der Waals surface area contributed by atoms with E-state index in [0.717, 1.165) is 85.2 Å². The van der Waals surface area contributed by atoms with E-state index in [1.165, 1.54) is 35.9 Å². The van der Waals surface area contributed by atoms with Gasteiger partial charge in [0.05, 0.1) is 51.5 Å². The predicted molar refractivity (Wildman–Crippen MR) is 404 cm³/mol. The molecule has 0 radical (unpaired) electrons. The molecular weight excluding hydrogens is 1370 g/mol. The molecule has 3 unspecified atom stereocenters. The van der Waals surface area contributed by atoms with E-state index in [1.807, 2.05) is 30.4 Å². The average molecular weight is 1480 g/mol. The van der Waals surface area contributed by atoms with Gasteiger partial charge in [0.25, 0.3) is 0 Å². The van der Waals surface area contributed by atoms with Crippen LogP contribution in [0.3, 0.4) is 0 Å². The Hall–Kier alpha value is -7.04. The highest BCUT2D eigenvalue weighted by Gasteiger charge is 2.54. The maximum Gasteiger partial charge on any atom is 0.322 e. The Balaban J connectivity index is 1.13. The number of allylic oxidation sites excluding steroid dienone is 8. The lowest BCUT2D eigenvalue weighted by Crippen LogP contribution is -2.48. The lowest BCUT2D eigenvalue weighted by Gasteiger charge is -2.41. The zero-order valence-electron chi connectivity index (χ0n) is 62.2. The SMILES string of the molecule is CCCCN(CCCC)CCOC(=O)C(C)(CC(C)(C)C(=O)OCCOC)CC(C)(CC(C)(Br)C(=O)OCCNC(C)=O)C(=O)OCCNC(=O)CCCCC[N+]1=C(/C=C/C=C/C=C/C=C2\N(CCCCS(=O)(=O)[O-])c3ccc4ccccc4c3C2(C)C)C(C)(C)c2c1ccc1ccccc21. The van der Waals surface area contributed by atoms with E-state index >= 15 is 0 Å². The van der Waals surface area contributed by atoms with E-state index in [4.69, 9.17) is 23.7 Å². The van der Waals surface area contributed by atoms with E-state index in [1.54, 1.807) is 34.6 Å². The second-order valence-electron chi connectivity index (χ2n) is 29.4. The molecule has 19 nitrogen and oxygen atoms in total. The molecule has 4 aromatic carbocycles. The Morgan fingerprint density at radius 2 is 1.19 bits per heavy atom. The number of rotatable bonds is 43. The first-order chi connectivity index (χ1) is 47.8. The molecule has 0 fully saturated rings. The summed E-state index contributed by atoms with van der Waals surface area (Å²) in [5, 5.41) is 10.2. The van der Waals surface area contributed by atoms with Gasteiger partial charge in [-0.1, -0.05) is 141 Å². The van der Waals surface area contributed by atoms with Gasteiger partial charge in [-0.2, -0.15) is 4.58 Å². The molecule has 0 saturated carbocycles. The van der Waals surface area contributed by atoms with Crippen molar-refractivity contribution in [1.29, 1.82) is 0 Å². The van der Waals surface area contributed by atoms with Gasteiger partial charge < -0.3 is 43.8 Å². The van der Waals surface area contributed by atoms with Gasteiger partial charge in [0.1, 0.15) is 37.3 Å². The van der Waals surface area contributed by atoms with Crippen molar-refractivity contribution in [3.63, 3.8) is 0 Å². The van der Waals surface area contributed by atoms with Crippen molar-refractivity contribution in [1.82, 2.24) is 15.5 Å². The smallest absolute Gasteiger partial charge is 0.322 e. The van der Waals surface area contributed by atoms with E-state index in [0.29, 0.717) is 32.5 Å². The van der Waals surface area contributed by atoms with E-state index in [9.17, 15) is 41.7 Å². The maximum absolute atomic E-state index is 14.8. The monoisotopic (exact) mass is 1480 g/mol. The first kappa shape index (κ1) is 82.9. The minimum atomic E-state index is -4.31. The summed E-state index contributed by atoms with van der Waals surface area (Å²) in [6.07, 6.45) is 21.1. The summed E-state index contributed by atoms with van der Waals surface area (Å²) in [5.74, 6) is -3.56. The van der Waals surface area contributed by atoms with Crippen LogP contribution in [0.4, 0.5) is 11.4 Å². The summed E-state index contributed by atoms with van der Waals surface area (Å²) in [4.78, 5) is 86.7. The highest BCUT2D eigenvalue weighted by Crippen LogP contribution is 2.52. The molecule has 0 bridgehead atoms. The number of carbonyl (C=O) groups excluding carboxylic acids is 6. The lowest BCUT2D eigenvalue weighted by atomic mass is 9.64. The molecule has 4 aromatic rings. The van der Waals surface area contributed by atoms with Crippen molar-refractivity contribution in [2.75, 3.05) is 96.6 Å². The molecule has 554 valence electrons. The number of hydrogen-bond donors (Lipinski definition) is 2. The normalized spacial score (nSPS) is 16.6. The molecule has 2 heterocycles. The Kier molecular flexibility index (Phi) is 31.1. The largest absolute Gasteiger partial charge is 0.748 e. The number of ether oxygens (including phenoxy) is 5. The van der Waals surface area contributed by atoms with Crippen LogP contribution in [-0.2, 0) is 73.4 Å². The number of amides is 2. The lowest BCUT2D eigenvalue weighted by molar-refractivity contribution is -0.438.